The van der Waals surface area contributed by atoms with Crippen molar-refractivity contribution in [1.29, 1.82) is 0 Å². The molecule has 0 saturated heterocycles. The number of hydrogen-bond donors (Lipinski definition) is 1. The number of nitrogens with zero attached hydrogens (tertiary/aromatic N) is 1. The Morgan fingerprint density at radius 1 is 1.37 bits per heavy atom. The SMILES string of the molecule is COC(C)CCC(=O)N(CCCN)C1CCCCC1. The molecule has 0 aromatic rings. The van der Waals surface area contributed by atoms with Crippen molar-refractivity contribution in [2.75, 3.05) is 20.2 Å². The average Bonchev–Trinajstić information content (AvgIpc) is 2.46. The van der Waals surface area contributed by atoms with Crippen LogP contribution in [0.25, 0.3) is 0 Å². The highest BCUT2D eigenvalue weighted by atomic mass is 16.5. The van der Waals surface area contributed by atoms with Crippen LogP contribution in [0.15, 0.2) is 0 Å². The molecule has 1 fully saturated rings. The normalized spacial score (nSPS) is 18.3. The maximum Gasteiger partial charge on any atom is 0.222 e. The molecule has 112 valence electrons. The summed E-state index contributed by atoms with van der Waals surface area (Å²) in [4.78, 5) is 14.5. The van der Waals surface area contributed by atoms with Crippen LogP contribution in [0.5, 0.6) is 0 Å². The molecule has 1 amide bonds. The van der Waals surface area contributed by atoms with Gasteiger partial charge in [-0.1, -0.05) is 19.3 Å². The Hall–Kier alpha value is -0.610. The minimum absolute atomic E-state index is 0.159. The predicted molar refractivity (Wildman–Crippen MR) is 78.0 cm³/mol. The van der Waals surface area contributed by atoms with E-state index in [4.69, 9.17) is 10.5 Å². The van der Waals surface area contributed by atoms with Crippen LogP contribution in [0.1, 0.15) is 58.3 Å². The lowest BCUT2D eigenvalue weighted by Gasteiger charge is -2.34. The summed E-state index contributed by atoms with van der Waals surface area (Å²) in [6.07, 6.45) is 8.62. The molecule has 0 spiro atoms. The van der Waals surface area contributed by atoms with E-state index < -0.39 is 0 Å². The third-order valence-corrected chi connectivity index (χ3v) is 4.11. The quantitative estimate of drug-likeness (QED) is 0.736. The molecule has 1 unspecified atom stereocenters. The highest BCUT2D eigenvalue weighted by Crippen LogP contribution is 2.23. The zero-order valence-corrected chi connectivity index (χ0v) is 12.6. The van der Waals surface area contributed by atoms with Gasteiger partial charge in [-0.25, -0.2) is 0 Å². The van der Waals surface area contributed by atoms with Crippen molar-refractivity contribution in [3.05, 3.63) is 0 Å². The first kappa shape index (κ1) is 16.4. The number of methoxy groups -OCH3 is 1. The highest BCUT2D eigenvalue weighted by molar-refractivity contribution is 5.76. The van der Waals surface area contributed by atoms with E-state index in [1.165, 1.54) is 19.3 Å². The average molecular weight is 270 g/mol. The zero-order valence-electron chi connectivity index (χ0n) is 12.6. The Kier molecular flexibility index (Phi) is 8.07. The lowest BCUT2D eigenvalue weighted by Crippen LogP contribution is -2.42. The summed E-state index contributed by atoms with van der Waals surface area (Å²) >= 11 is 0. The monoisotopic (exact) mass is 270 g/mol. The van der Waals surface area contributed by atoms with Crippen LogP contribution in [-0.4, -0.2) is 43.2 Å². The predicted octanol–water partition coefficient (Wildman–Crippen LogP) is 2.31. The van der Waals surface area contributed by atoms with Crippen molar-refractivity contribution in [2.24, 2.45) is 5.73 Å². The van der Waals surface area contributed by atoms with Gasteiger partial charge in [-0.2, -0.15) is 0 Å². The molecule has 2 N–H and O–H groups in total. The molecule has 4 heteroatoms. The van der Waals surface area contributed by atoms with Crippen LogP contribution >= 0.6 is 0 Å². The minimum Gasteiger partial charge on any atom is -0.382 e. The molecule has 0 aliphatic heterocycles. The first-order chi connectivity index (χ1) is 9.19. The summed E-state index contributed by atoms with van der Waals surface area (Å²) in [6, 6.07) is 0.450. The maximum absolute atomic E-state index is 12.4. The molecule has 1 aliphatic carbocycles. The van der Waals surface area contributed by atoms with Crippen molar-refractivity contribution < 1.29 is 9.53 Å². The van der Waals surface area contributed by atoms with E-state index in [-0.39, 0.29) is 12.0 Å². The second-order valence-electron chi connectivity index (χ2n) is 5.61. The molecule has 1 atom stereocenters. The first-order valence-corrected chi connectivity index (χ1v) is 7.71. The van der Waals surface area contributed by atoms with Crippen LogP contribution in [0.2, 0.25) is 0 Å². The Labute approximate surface area is 117 Å². The molecule has 1 aliphatic rings. The minimum atomic E-state index is 0.159. The van der Waals surface area contributed by atoms with E-state index in [0.717, 1.165) is 32.2 Å². The molecule has 19 heavy (non-hydrogen) atoms. The van der Waals surface area contributed by atoms with Crippen molar-refractivity contribution in [2.45, 2.75) is 70.4 Å². The lowest BCUT2D eigenvalue weighted by molar-refractivity contribution is -0.134. The number of carbonyl (C=O) groups excluding carboxylic acids is 1. The molecule has 0 aromatic heterocycles. The Morgan fingerprint density at radius 3 is 2.63 bits per heavy atom. The van der Waals surface area contributed by atoms with Crippen LogP contribution in [0.3, 0.4) is 0 Å². The summed E-state index contributed by atoms with van der Waals surface area (Å²) in [5.74, 6) is 0.282. The van der Waals surface area contributed by atoms with E-state index in [9.17, 15) is 4.79 Å². The number of hydrogen-bond acceptors (Lipinski definition) is 3. The third-order valence-electron chi connectivity index (χ3n) is 4.11. The number of rotatable bonds is 8. The van der Waals surface area contributed by atoms with Crippen LogP contribution in [0.4, 0.5) is 0 Å². The van der Waals surface area contributed by atoms with Crippen LogP contribution in [0, 0.1) is 0 Å². The lowest BCUT2D eigenvalue weighted by atomic mass is 9.93. The van der Waals surface area contributed by atoms with Gasteiger partial charge >= 0.3 is 0 Å². The van der Waals surface area contributed by atoms with Gasteiger partial charge in [-0.3, -0.25) is 4.79 Å². The van der Waals surface area contributed by atoms with E-state index in [1.54, 1.807) is 7.11 Å². The summed E-state index contributed by atoms with van der Waals surface area (Å²) in [5, 5.41) is 0. The summed E-state index contributed by atoms with van der Waals surface area (Å²) in [5.41, 5.74) is 5.59. The van der Waals surface area contributed by atoms with Gasteiger partial charge in [-0.05, 0) is 39.2 Å². The smallest absolute Gasteiger partial charge is 0.222 e. The van der Waals surface area contributed by atoms with E-state index in [0.29, 0.717) is 19.0 Å². The number of nitrogens with two attached hydrogens (primary N) is 1. The second kappa shape index (κ2) is 9.32. The van der Waals surface area contributed by atoms with Gasteiger partial charge in [0.1, 0.15) is 0 Å². The van der Waals surface area contributed by atoms with Gasteiger partial charge in [0.15, 0.2) is 0 Å². The van der Waals surface area contributed by atoms with Crippen LogP contribution in [-0.2, 0) is 9.53 Å². The largest absolute Gasteiger partial charge is 0.382 e. The zero-order chi connectivity index (χ0) is 14.1. The topological polar surface area (TPSA) is 55.6 Å². The number of carbonyl (C=O) groups is 1. The fourth-order valence-electron chi connectivity index (χ4n) is 2.75. The van der Waals surface area contributed by atoms with Crippen molar-refractivity contribution in [3.63, 3.8) is 0 Å². The van der Waals surface area contributed by atoms with Gasteiger partial charge in [0.25, 0.3) is 0 Å². The first-order valence-electron chi connectivity index (χ1n) is 7.71. The Balaban J connectivity index is 2.48. The molecule has 0 aromatic carbocycles. The molecular formula is C15H30N2O2. The molecule has 0 bridgehead atoms. The van der Waals surface area contributed by atoms with Gasteiger partial charge in [0.2, 0.25) is 5.91 Å². The molecule has 4 nitrogen and oxygen atoms in total. The molecule has 0 radical (unpaired) electrons. The third kappa shape index (κ3) is 5.91. The fourth-order valence-corrected chi connectivity index (χ4v) is 2.75. The molecule has 1 saturated carbocycles. The van der Waals surface area contributed by atoms with Gasteiger partial charge in [-0.15, -0.1) is 0 Å². The van der Waals surface area contributed by atoms with E-state index in [2.05, 4.69) is 4.90 Å². The Morgan fingerprint density at radius 2 is 2.05 bits per heavy atom. The number of ether oxygens (including phenoxy) is 1. The molecule has 1 rings (SSSR count). The van der Waals surface area contributed by atoms with Gasteiger partial charge in [0.05, 0.1) is 6.10 Å². The van der Waals surface area contributed by atoms with Gasteiger partial charge < -0.3 is 15.4 Å². The van der Waals surface area contributed by atoms with Crippen molar-refractivity contribution in [1.82, 2.24) is 4.90 Å². The summed E-state index contributed by atoms with van der Waals surface area (Å²) < 4.78 is 5.22. The van der Waals surface area contributed by atoms with Crippen LogP contribution < -0.4 is 5.73 Å². The molecule has 0 heterocycles. The highest BCUT2D eigenvalue weighted by Gasteiger charge is 2.24. The van der Waals surface area contributed by atoms with Gasteiger partial charge in [0, 0.05) is 26.1 Å². The summed E-state index contributed by atoms with van der Waals surface area (Å²) in [7, 11) is 1.70. The summed E-state index contributed by atoms with van der Waals surface area (Å²) in [6.45, 7) is 3.49. The van der Waals surface area contributed by atoms with Crippen molar-refractivity contribution >= 4 is 5.91 Å². The van der Waals surface area contributed by atoms with E-state index in [1.807, 2.05) is 6.92 Å². The fraction of sp³-hybridized carbons (Fsp3) is 0.933. The van der Waals surface area contributed by atoms with E-state index >= 15 is 0 Å². The Bertz CT molecular complexity index is 253. The maximum atomic E-state index is 12.4. The number of amides is 1. The second-order valence-corrected chi connectivity index (χ2v) is 5.61. The standard InChI is InChI=1S/C15H30N2O2/c1-13(19-2)9-10-15(18)17(12-6-11-16)14-7-4-3-5-8-14/h13-14H,3-12,16H2,1-2H3. The van der Waals surface area contributed by atoms with Crippen molar-refractivity contribution in [3.8, 4) is 0 Å². The molecular weight excluding hydrogens is 240 g/mol.